The Morgan fingerprint density at radius 1 is 1.33 bits per heavy atom. The number of hydrogen-bond donors (Lipinski definition) is 2. The van der Waals surface area contributed by atoms with E-state index in [1.165, 1.54) is 6.42 Å². The number of aryl methyl sites for hydroxylation is 1. The average molecular weight is 210 g/mol. The first-order chi connectivity index (χ1) is 7.18. The monoisotopic (exact) mass is 210 g/mol. The molecule has 15 heavy (non-hydrogen) atoms. The molecule has 1 aliphatic carbocycles. The van der Waals surface area contributed by atoms with Gasteiger partial charge in [-0.1, -0.05) is 19.3 Å². The molecule has 84 valence electrons. The van der Waals surface area contributed by atoms with Crippen molar-refractivity contribution in [2.75, 3.05) is 5.73 Å². The molecule has 0 bridgehead atoms. The molecular formula is C10H18N4O. The molecule has 0 aromatic carbocycles. The maximum Gasteiger partial charge on any atom is 0.239 e. The van der Waals surface area contributed by atoms with Crippen molar-refractivity contribution >= 4 is 5.95 Å². The molecule has 1 aliphatic rings. The molecule has 2 rings (SSSR count). The van der Waals surface area contributed by atoms with E-state index in [2.05, 4.69) is 10.1 Å². The molecule has 0 saturated heterocycles. The third-order valence-corrected chi connectivity index (χ3v) is 3.08. The summed E-state index contributed by atoms with van der Waals surface area (Å²) in [4.78, 5) is 4.07. The number of hydrogen-bond acceptors (Lipinski definition) is 4. The largest absolute Gasteiger partial charge is 0.391 e. The van der Waals surface area contributed by atoms with Crippen LogP contribution in [0.4, 0.5) is 5.95 Å². The predicted molar refractivity (Wildman–Crippen MR) is 57.3 cm³/mol. The summed E-state index contributed by atoms with van der Waals surface area (Å²) >= 11 is 0. The Bertz CT molecular complexity index is 336. The lowest BCUT2D eigenvalue weighted by atomic mass is 10.1. The van der Waals surface area contributed by atoms with Crippen LogP contribution in [-0.4, -0.2) is 26.0 Å². The van der Waals surface area contributed by atoms with Crippen LogP contribution in [0.1, 0.15) is 44.0 Å². The molecule has 5 nitrogen and oxygen atoms in total. The third-order valence-electron chi connectivity index (χ3n) is 3.08. The van der Waals surface area contributed by atoms with Crippen LogP contribution in [0.15, 0.2) is 0 Å². The highest BCUT2D eigenvalue weighted by atomic mass is 16.3. The maximum atomic E-state index is 10.0. The van der Waals surface area contributed by atoms with Crippen molar-refractivity contribution in [3.05, 3.63) is 5.82 Å². The normalized spacial score (nSPS) is 27.6. The highest BCUT2D eigenvalue weighted by Gasteiger charge is 2.25. The molecule has 0 radical (unpaired) electrons. The molecule has 1 saturated carbocycles. The minimum Gasteiger partial charge on any atom is -0.391 e. The van der Waals surface area contributed by atoms with Crippen molar-refractivity contribution in [1.82, 2.24) is 14.8 Å². The molecule has 1 aromatic rings. The Labute approximate surface area is 89.3 Å². The highest BCUT2D eigenvalue weighted by molar-refractivity contribution is 5.13. The van der Waals surface area contributed by atoms with Crippen LogP contribution in [0.5, 0.6) is 0 Å². The summed E-state index contributed by atoms with van der Waals surface area (Å²) in [6.45, 7) is 1.88. The van der Waals surface area contributed by atoms with Crippen LogP contribution < -0.4 is 5.73 Å². The van der Waals surface area contributed by atoms with Crippen LogP contribution in [0, 0.1) is 6.92 Å². The van der Waals surface area contributed by atoms with E-state index in [1.54, 1.807) is 4.68 Å². The van der Waals surface area contributed by atoms with Gasteiger partial charge in [0.2, 0.25) is 5.95 Å². The first-order valence-corrected chi connectivity index (χ1v) is 5.55. The van der Waals surface area contributed by atoms with E-state index in [4.69, 9.17) is 5.73 Å². The second kappa shape index (κ2) is 4.18. The summed E-state index contributed by atoms with van der Waals surface area (Å²) in [6, 6.07) is 0.0531. The Hall–Kier alpha value is -1.10. The number of aromatic nitrogens is 3. The molecule has 5 heteroatoms. The lowest BCUT2D eigenvalue weighted by Crippen LogP contribution is -2.25. The Morgan fingerprint density at radius 2 is 2.07 bits per heavy atom. The summed E-state index contributed by atoms with van der Waals surface area (Å²) < 4.78 is 1.78. The molecule has 2 atom stereocenters. The standard InChI is InChI=1S/C10H18N4O/c1-7-12-10(11)13-14(7)8-5-3-2-4-6-9(8)15/h8-9,15H,2-6H2,1H3,(H2,11,13). The van der Waals surface area contributed by atoms with Crippen molar-refractivity contribution in [2.24, 2.45) is 0 Å². The first kappa shape index (κ1) is 10.4. The number of nitrogens with zero attached hydrogens (tertiary/aromatic N) is 3. The van der Waals surface area contributed by atoms with Gasteiger partial charge in [0.25, 0.3) is 0 Å². The summed E-state index contributed by atoms with van der Waals surface area (Å²) in [5.41, 5.74) is 5.55. The molecule has 0 amide bonds. The summed E-state index contributed by atoms with van der Waals surface area (Å²) in [6.07, 6.45) is 4.93. The van der Waals surface area contributed by atoms with E-state index >= 15 is 0 Å². The van der Waals surface area contributed by atoms with Gasteiger partial charge in [0.1, 0.15) is 5.82 Å². The Balaban J connectivity index is 2.23. The van der Waals surface area contributed by atoms with Crippen molar-refractivity contribution in [2.45, 2.75) is 51.2 Å². The quantitative estimate of drug-likeness (QED) is 0.679. The number of nitrogens with two attached hydrogens (primary N) is 1. The van der Waals surface area contributed by atoms with E-state index in [9.17, 15) is 5.11 Å². The predicted octanol–water partition coefficient (Wildman–Crippen LogP) is 1.03. The van der Waals surface area contributed by atoms with E-state index in [0.29, 0.717) is 5.95 Å². The molecule has 3 N–H and O–H groups in total. The number of aliphatic hydroxyl groups is 1. The van der Waals surface area contributed by atoms with Crippen LogP contribution in [0.25, 0.3) is 0 Å². The van der Waals surface area contributed by atoms with Gasteiger partial charge in [-0.25, -0.2) is 4.68 Å². The van der Waals surface area contributed by atoms with Gasteiger partial charge in [0.15, 0.2) is 0 Å². The number of anilines is 1. The fourth-order valence-electron chi connectivity index (χ4n) is 2.29. The van der Waals surface area contributed by atoms with Gasteiger partial charge in [-0.15, -0.1) is 5.10 Å². The lowest BCUT2D eigenvalue weighted by Gasteiger charge is -2.21. The van der Waals surface area contributed by atoms with Gasteiger partial charge in [-0.3, -0.25) is 0 Å². The van der Waals surface area contributed by atoms with Crippen LogP contribution >= 0.6 is 0 Å². The number of rotatable bonds is 1. The van der Waals surface area contributed by atoms with Gasteiger partial charge in [0.05, 0.1) is 12.1 Å². The van der Waals surface area contributed by atoms with Gasteiger partial charge >= 0.3 is 0 Å². The van der Waals surface area contributed by atoms with E-state index in [-0.39, 0.29) is 12.1 Å². The van der Waals surface area contributed by atoms with Crippen LogP contribution in [0.3, 0.4) is 0 Å². The van der Waals surface area contributed by atoms with Crippen molar-refractivity contribution in [1.29, 1.82) is 0 Å². The summed E-state index contributed by atoms with van der Waals surface area (Å²) in [7, 11) is 0. The number of aliphatic hydroxyl groups excluding tert-OH is 1. The second-order valence-corrected chi connectivity index (χ2v) is 4.23. The fraction of sp³-hybridized carbons (Fsp3) is 0.800. The first-order valence-electron chi connectivity index (χ1n) is 5.55. The lowest BCUT2D eigenvalue weighted by molar-refractivity contribution is 0.0978. The molecular weight excluding hydrogens is 192 g/mol. The van der Waals surface area contributed by atoms with Gasteiger partial charge in [0, 0.05) is 0 Å². The van der Waals surface area contributed by atoms with Gasteiger partial charge < -0.3 is 10.8 Å². The van der Waals surface area contributed by atoms with Crippen molar-refractivity contribution in [3.8, 4) is 0 Å². The molecule has 0 spiro atoms. The highest BCUT2D eigenvalue weighted by Crippen LogP contribution is 2.27. The zero-order valence-electron chi connectivity index (χ0n) is 9.06. The minimum atomic E-state index is -0.313. The van der Waals surface area contributed by atoms with E-state index < -0.39 is 0 Å². The number of nitrogen functional groups attached to an aromatic ring is 1. The van der Waals surface area contributed by atoms with Gasteiger partial charge in [-0.05, 0) is 19.8 Å². The zero-order chi connectivity index (χ0) is 10.8. The summed E-state index contributed by atoms with van der Waals surface area (Å²) in [5.74, 6) is 1.09. The van der Waals surface area contributed by atoms with Crippen molar-refractivity contribution in [3.63, 3.8) is 0 Å². The molecule has 1 aromatic heterocycles. The topological polar surface area (TPSA) is 77.0 Å². The van der Waals surface area contributed by atoms with Crippen LogP contribution in [-0.2, 0) is 0 Å². The maximum absolute atomic E-state index is 10.0. The van der Waals surface area contributed by atoms with Crippen LogP contribution in [0.2, 0.25) is 0 Å². The minimum absolute atomic E-state index is 0.0531. The van der Waals surface area contributed by atoms with Gasteiger partial charge in [-0.2, -0.15) is 4.98 Å². The van der Waals surface area contributed by atoms with Crippen molar-refractivity contribution < 1.29 is 5.11 Å². The van der Waals surface area contributed by atoms with E-state index in [0.717, 1.165) is 31.5 Å². The molecule has 2 unspecified atom stereocenters. The SMILES string of the molecule is Cc1nc(N)nn1C1CCCCCC1O. The fourth-order valence-corrected chi connectivity index (χ4v) is 2.29. The Morgan fingerprint density at radius 3 is 2.73 bits per heavy atom. The Kier molecular flexibility index (Phi) is 2.90. The second-order valence-electron chi connectivity index (χ2n) is 4.23. The molecule has 0 aliphatic heterocycles. The summed E-state index contributed by atoms with van der Waals surface area (Å²) in [5, 5.41) is 14.2. The molecule has 1 fully saturated rings. The zero-order valence-corrected chi connectivity index (χ0v) is 9.06. The average Bonchev–Trinajstić information content (AvgIpc) is 2.39. The van der Waals surface area contributed by atoms with E-state index in [1.807, 2.05) is 6.92 Å². The third kappa shape index (κ3) is 2.12. The molecule has 1 heterocycles. The smallest absolute Gasteiger partial charge is 0.239 e.